The summed E-state index contributed by atoms with van der Waals surface area (Å²) in [5, 5.41) is 0.716. The van der Waals surface area contributed by atoms with E-state index in [1.807, 2.05) is 13.0 Å². The van der Waals surface area contributed by atoms with Crippen LogP contribution in [0.5, 0.6) is 0 Å². The fourth-order valence-corrected chi connectivity index (χ4v) is 2.54. The Hall–Kier alpha value is -1.16. The first-order chi connectivity index (χ1) is 6.24. The second-order valence-corrected chi connectivity index (χ2v) is 4.27. The summed E-state index contributed by atoms with van der Waals surface area (Å²) in [4.78, 5) is 4.99. The Morgan fingerprint density at radius 3 is 2.92 bits per heavy atom. The van der Waals surface area contributed by atoms with Gasteiger partial charge in [-0.2, -0.15) is 0 Å². The molecule has 0 saturated heterocycles. The van der Waals surface area contributed by atoms with Crippen molar-refractivity contribution >= 4 is 27.2 Å². The van der Waals surface area contributed by atoms with Gasteiger partial charge in [-0.1, -0.05) is 13.0 Å². The Balaban J connectivity index is 2.61. The first-order valence-corrected chi connectivity index (χ1v) is 5.27. The zero-order chi connectivity index (χ0) is 9.42. The van der Waals surface area contributed by atoms with E-state index in [1.54, 1.807) is 12.1 Å². The molecule has 0 saturated carbocycles. The summed E-state index contributed by atoms with van der Waals surface area (Å²) in [6, 6.07) is 5.40. The van der Waals surface area contributed by atoms with Crippen LogP contribution in [-0.4, -0.2) is 9.25 Å². The van der Waals surface area contributed by atoms with Gasteiger partial charge >= 0.3 is 0 Å². The number of para-hydroxylation sites is 1. The van der Waals surface area contributed by atoms with Gasteiger partial charge in [-0.25, -0.2) is 9.20 Å². The smallest absolute Gasteiger partial charge is 0.110 e. The molecule has 0 bridgehead atoms. The van der Waals surface area contributed by atoms with Crippen molar-refractivity contribution in [2.45, 2.75) is 18.2 Å². The summed E-state index contributed by atoms with van der Waals surface area (Å²) >= 11 is 0. The Morgan fingerprint density at radius 2 is 2.31 bits per heavy atom. The SMILES string of the molecule is CCC1=Nc2c(N)cccc2S1=O. The summed E-state index contributed by atoms with van der Waals surface area (Å²) in [6.07, 6.45) is 0.709. The van der Waals surface area contributed by atoms with Gasteiger partial charge in [0.1, 0.15) is 21.5 Å². The molecule has 68 valence electrons. The number of nitrogens with zero attached hydrogens (tertiary/aromatic N) is 1. The maximum absolute atomic E-state index is 11.7. The lowest BCUT2D eigenvalue weighted by molar-refractivity contribution is 0.690. The highest BCUT2D eigenvalue weighted by atomic mass is 32.2. The maximum atomic E-state index is 11.7. The van der Waals surface area contributed by atoms with Crippen LogP contribution in [0.15, 0.2) is 28.1 Å². The van der Waals surface area contributed by atoms with Crippen molar-refractivity contribution in [2.75, 3.05) is 5.73 Å². The fraction of sp³-hybridized carbons (Fsp3) is 0.222. The lowest BCUT2D eigenvalue weighted by Gasteiger charge is -1.97. The van der Waals surface area contributed by atoms with Crippen LogP contribution in [0.1, 0.15) is 13.3 Å². The van der Waals surface area contributed by atoms with E-state index in [1.165, 1.54) is 0 Å². The molecule has 1 heterocycles. The van der Waals surface area contributed by atoms with Crippen molar-refractivity contribution in [3.63, 3.8) is 0 Å². The number of rotatable bonds is 1. The molecule has 0 radical (unpaired) electrons. The van der Waals surface area contributed by atoms with Gasteiger partial charge in [0.15, 0.2) is 0 Å². The van der Waals surface area contributed by atoms with E-state index in [-0.39, 0.29) is 0 Å². The second kappa shape index (κ2) is 2.96. The van der Waals surface area contributed by atoms with Crippen LogP contribution >= 0.6 is 0 Å². The van der Waals surface area contributed by atoms with Crippen LogP contribution in [0.2, 0.25) is 0 Å². The van der Waals surface area contributed by atoms with Crippen molar-refractivity contribution in [2.24, 2.45) is 4.99 Å². The van der Waals surface area contributed by atoms with Gasteiger partial charge in [-0.05, 0) is 18.6 Å². The molecule has 13 heavy (non-hydrogen) atoms. The molecule has 1 aliphatic rings. The third-order valence-electron chi connectivity index (χ3n) is 1.98. The highest BCUT2D eigenvalue weighted by molar-refractivity contribution is 8.01. The van der Waals surface area contributed by atoms with Crippen LogP contribution in [0, 0.1) is 0 Å². The molecule has 3 nitrogen and oxygen atoms in total. The first kappa shape index (κ1) is 8.44. The minimum absolute atomic E-state index is 0.606. The zero-order valence-corrected chi connectivity index (χ0v) is 8.10. The average molecular weight is 194 g/mol. The average Bonchev–Trinajstić information content (AvgIpc) is 2.45. The molecule has 1 aliphatic heterocycles. The standard InChI is InChI=1S/C9H10N2OS/c1-2-8-11-9-6(10)4-3-5-7(9)13(8)12/h3-5H,2,10H2,1H3. The first-order valence-electron chi connectivity index (χ1n) is 4.12. The van der Waals surface area contributed by atoms with Gasteiger partial charge in [0.05, 0.1) is 10.6 Å². The van der Waals surface area contributed by atoms with E-state index in [4.69, 9.17) is 5.73 Å². The number of aliphatic imine (C=N–C) groups is 1. The van der Waals surface area contributed by atoms with Crippen LogP contribution in [0.3, 0.4) is 0 Å². The minimum Gasteiger partial charge on any atom is -0.397 e. The molecule has 2 N–H and O–H groups in total. The Morgan fingerprint density at radius 1 is 1.54 bits per heavy atom. The number of fused-ring (bicyclic) bond motifs is 1. The number of nitrogen functional groups attached to an aromatic ring is 1. The third kappa shape index (κ3) is 1.18. The van der Waals surface area contributed by atoms with E-state index >= 15 is 0 Å². The Labute approximate surface area is 79.1 Å². The molecule has 0 aromatic heterocycles. The van der Waals surface area contributed by atoms with Gasteiger partial charge in [0.2, 0.25) is 0 Å². The molecule has 1 aromatic carbocycles. The fourth-order valence-electron chi connectivity index (χ4n) is 1.31. The molecular formula is C9H10N2OS. The number of hydrogen-bond donors (Lipinski definition) is 1. The van der Waals surface area contributed by atoms with E-state index in [9.17, 15) is 4.21 Å². The minimum atomic E-state index is -1.08. The summed E-state index contributed by atoms with van der Waals surface area (Å²) in [6.45, 7) is 1.94. The summed E-state index contributed by atoms with van der Waals surface area (Å²) in [7, 11) is -1.08. The molecule has 4 heteroatoms. The molecule has 0 amide bonds. The number of benzene rings is 1. The summed E-state index contributed by atoms with van der Waals surface area (Å²) < 4.78 is 11.7. The van der Waals surface area contributed by atoms with Crippen molar-refractivity contribution < 1.29 is 4.21 Å². The summed E-state index contributed by atoms with van der Waals surface area (Å²) in [5.41, 5.74) is 7.01. The Kier molecular flexibility index (Phi) is 1.92. The number of anilines is 1. The summed E-state index contributed by atoms with van der Waals surface area (Å²) in [5.74, 6) is 0. The largest absolute Gasteiger partial charge is 0.397 e. The highest BCUT2D eigenvalue weighted by Crippen LogP contribution is 2.35. The number of nitrogens with two attached hydrogens (primary N) is 1. The van der Waals surface area contributed by atoms with Crippen molar-refractivity contribution in [1.29, 1.82) is 0 Å². The van der Waals surface area contributed by atoms with Crippen molar-refractivity contribution in [1.82, 2.24) is 0 Å². The van der Waals surface area contributed by atoms with E-state index in [2.05, 4.69) is 4.99 Å². The quantitative estimate of drug-likeness (QED) is 0.693. The normalized spacial score (nSPS) is 19.8. The molecule has 0 fully saturated rings. The molecular weight excluding hydrogens is 184 g/mol. The van der Waals surface area contributed by atoms with Gasteiger partial charge in [0, 0.05) is 0 Å². The molecule has 1 unspecified atom stereocenters. The number of hydrogen-bond acceptors (Lipinski definition) is 3. The molecule has 0 spiro atoms. The van der Waals surface area contributed by atoms with Gasteiger partial charge < -0.3 is 5.73 Å². The molecule has 1 aromatic rings. The van der Waals surface area contributed by atoms with E-state index in [0.717, 1.165) is 4.90 Å². The predicted octanol–water partition coefficient (Wildman–Crippen LogP) is 1.83. The second-order valence-electron chi connectivity index (χ2n) is 2.82. The topological polar surface area (TPSA) is 55.4 Å². The lowest BCUT2D eigenvalue weighted by atomic mass is 10.3. The molecule has 1 atom stereocenters. The van der Waals surface area contributed by atoms with Crippen molar-refractivity contribution in [3.8, 4) is 0 Å². The van der Waals surface area contributed by atoms with Crippen LogP contribution < -0.4 is 5.73 Å². The van der Waals surface area contributed by atoms with Crippen LogP contribution in [0.25, 0.3) is 0 Å². The van der Waals surface area contributed by atoms with E-state index in [0.29, 0.717) is 22.8 Å². The monoisotopic (exact) mass is 194 g/mol. The molecule has 0 aliphatic carbocycles. The van der Waals surface area contributed by atoms with Crippen molar-refractivity contribution in [3.05, 3.63) is 18.2 Å². The zero-order valence-electron chi connectivity index (χ0n) is 7.28. The third-order valence-corrected chi connectivity index (χ3v) is 3.52. The van der Waals surface area contributed by atoms with Gasteiger partial charge in [0.25, 0.3) is 0 Å². The maximum Gasteiger partial charge on any atom is 0.110 e. The van der Waals surface area contributed by atoms with E-state index < -0.39 is 10.8 Å². The van der Waals surface area contributed by atoms with Gasteiger partial charge in [-0.15, -0.1) is 0 Å². The molecule has 2 rings (SSSR count). The Bertz CT molecular complexity index is 412. The predicted molar refractivity (Wildman–Crippen MR) is 54.6 cm³/mol. The highest BCUT2D eigenvalue weighted by Gasteiger charge is 2.22. The van der Waals surface area contributed by atoms with Crippen LogP contribution in [-0.2, 0) is 10.8 Å². The van der Waals surface area contributed by atoms with Gasteiger partial charge in [-0.3, -0.25) is 0 Å². The van der Waals surface area contributed by atoms with Crippen LogP contribution in [0.4, 0.5) is 11.4 Å². The lowest BCUT2D eigenvalue weighted by Crippen LogP contribution is -1.99.